The first-order chi connectivity index (χ1) is 10.5. The number of benzene rings is 1. The van der Waals surface area contributed by atoms with Crippen molar-refractivity contribution in [3.63, 3.8) is 0 Å². The highest BCUT2D eigenvalue weighted by atomic mass is 28.5. The van der Waals surface area contributed by atoms with Crippen LogP contribution in [-0.4, -0.2) is 47.5 Å². The van der Waals surface area contributed by atoms with Crippen LogP contribution in [0.4, 0.5) is 0 Å². The lowest BCUT2D eigenvalue weighted by atomic mass is 10.4. The van der Waals surface area contributed by atoms with E-state index in [-0.39, 0.29) is 0 Å². The highest BCUT2D eigenvalue weighted by molar-refractivity contribution is 6.97. The second-order valence-electron chi connectivity index (χ2n) is 7.18. The monoisotopic (exact) mass is 387 g/mol. The molecular formula is C14H29NO4Si4. The van der Waals surface area contributed by atoms with Gasteiger partial charge in [0, 0.05) is 6.17 Å². The first-order valence-corrected chi connectivity index (χ1v) is 18.5. The molecule has 9 heteroatoms. The third kappa shape index (κ3) is 4.93. The topological polar surface area (TPSA) is 49.0 Å². The van der Waals surface area contributed by atoms with Crippen LogP contribution in [0.25, 0.3) is 0 Å². The van der Waals surface area contributed by atoms with Crippen LogP contribution in [0.1, 0.15) is 0 Å². The SMILES string of the molecule is CNC[Si]1(C)O[Si](C)(C)O[Si](C)(C)O[Si](C)(c2ccccc2)O1. The first-order valence-electron chi connectivity index (χ1n) is 8.00. The van der Waals surface area contributed by atoms with E-state index < -0.39 is 34.2 Å². The van der Waals surface area contributed by atoms with E-state index in [2.05, 4.69) is 56.7 Å². The number of hydrogen-bond acceptors (Lipinski definition) is 5. The maximum absolute atomic E-state index is 6.72. The van der Waals surface area contributed by atoms with Gasteiger partial charge in [0.1, 0.15) is 0 Å². The molecule has 0 radical (unpaired) electrons. The normalized spacial score (nSPS) is 33.7. The van der Waals surface area contributed by atoms with E-state index in [1.165, 1.54) is 0 Å². The summed E-state index contributed by atoms with van der Waals surface area (Å²) in [5.74, 6) is 0. The molecule has 1 fully saturated rings. The molecule has 1 aromatic rings. The quantitative estimate of drug-likeness (QED) is 0.806. The van der Waals surface area contributed by atoms with Crippen LogP contribution in [0.2, 0.25) is 39.3 Å². The fraction of sp³-hybridized carbons (Fsp3) is 0.571. The second kappa shape index (κ2) is 6.65. The molecule has 1 aromatic carbocycles. The van der Waals surface area contributed by atoms with Gasteiger partial charge in [0.05, 0.1) is 0 Å². The molecule has 1 aliphatic heterocycles. The third-order valence-corrected chi connectivity index (χ3v) is 20.4. The van der Waals surface area contributed by atoms with Crippen LogP contribution in [0, 0.1) is 0 Å². The van der Waals surface area contributed by atoms with E-state index >= 15 is 0 Å². The van der Waals surface area contributed by atoms with Crippen LogP contribution in [0.3, 0.4) is 0 Å². The van der Waals surface area contributed by atoms with Crippen molar-refractivity contribution in [1.82, 2.24) is 5.32 Å². The molecule has 0 amide bonds. The van der Waals surface area contributed by atoms with Crippen molar-refractivity contribution < 1.29 is 16.5 Å². The molecule has 0 bridgehead atoms. The Kier molecular flexibility index (Phi) is 5.56. The molecule has 2 unspecified atom stereocenters. The van der Waals surface area contributed by atoms with Crippen molar-refractivity contribution in [2.75, 3.05) is 13.2 Å². The molecule has 130 valence electrons. The Bertz CT molecular complexity index is 545. The molecular weight excluding hydrogens is 359 g/mol. The minimum Gasteiger partial charge on any atom is -0.416 e. The molecule has 1 aliphatic rings. The molecule has 1 N–H and O–H groups in total. The highest BCUT2D eigenvalue weighted by Crippen LogP contribution is 2.30. The number of nitrogens with one attached hydrogen (secondary N) is 1. The molecule has 0 aliphatic carbocycles. The van der Waals surface area contributed by atoms with Gasteiger partial charge in [0.2, 0.25) is 0 Å². The molecule has 2 rings (SSSR count). The van der Waals surface area contributed by atoms with E-state index in [9.17, 15) is 0 Å². The third-order valence-electron chi connectivity index (χ3n) is 3.60. The van der Waals surface area contributed by atoms with Gasteiger partial charge >= 0.3 is 34.2 Å². The summed E-state index contributed by atoms with van der Waals surface area (Å²) in [6.07, 6.45) is 0.716. The van der Waals surface area contributed by atoms with Gasteiger partial charge in [0.15, 0.2) is 0 Å². The Hall–Kier alpha value is -0.112. The Balaban J connectivity index is 2.45. The van der Waals surface area contributed by atoms with E-state index in [4.69, 9.17) is 16.5 Å². The number of rotatable bonds is 3. The van der Waals surface area contributed by atoms with E-state index in [0.717, 1.165) is 5.19 Å². The van der Waals surface area contributed by atoms with Gasteiger partial charge in [-0.2, -0.15) is 0 Å². The summed E-state index contributed by atoms with van der Waals surface area (Å²) < 4.78 is 26.3. The largest absolute Gasteiger partial charge is 0.416 e. The molecule has 2 atom stereocenters. The summed E-state index contributed by atoms with van der Waals surface area (Å²) in [6, 6.07) is 10.3. The fourth-order valence-electron chi connectivity index (χ4n) is 3.33. The van der Waals surface area contributed by atoms with E-state index in [0.29, 0.717) is 6.17 Å². The van der Waals surface area contributed by atoms with Crippen molar-refractivity contribution >= 4 is 39.4 Å². The number of hydrogen-bond donors (Lipinski definition) is 1. The Labute approximate surface area is 144 Å². The Morgan fingerprint density at radius 2 is 1.35 bits per heavy atom. The predicted octanol–water partition coefficient (Wildman–Crippen LogP) is 2.28. The molecule has 23 heavy (non-hydrogen) atoms. The van der Waals surface area contributed by atoms with Crippen LogP contribution in [-0.2, 0) is 16.5 Å². The van der Waals surface area contributed by atoms with Gasteiger partial charge in [-0.1, -0.05) is 30.3 Å². The Morgan fingerprint density at radius 1 is 0.783 bits per heavy atom. The van der Waals surface area contributed by atoms with Crippen LogP contribution < -0.4 is 10.5 Å². The molecule has 1 saturated heterocycles. The minimum atomic E-state index is -2.61. The van der Waals surface area contributed by atoms with Gasteiger partial charge in [-0.3, -0.25) is 0 Å². The summed E-state index contributed by atoms with van der Waals surface area (Å²) in [7, 11) is -7.76. The Morgan fingerprint density at radius 3 is 1.91 bits per heavy atom. The van der Waals surface area contributed by atoms with Gasteiger partial charge in [-0.15, -0.1) is 0 Å². The van der Waals surface area contributed by atoms with E-state index in [1.54, 1.807) is 0 Å². The molecule has 0 saturated carbocycles. The summed E-state index contributed by atoms with van der Waals surface area (Å²) in [5, 5.41) is 4.36. The smallest absolute Gasteiger partial charge is 0.351 e. The van der Waals surface area contributed by atoms with Crippen molar-refractivity contribution in [2.24, 2.45) is 0 Å². The second-order valence-corrected chi connectivity index (χ2v) is 21.1. The maximum atomic E-state index is 6.72. The van der Waals surface area contributed by atoms with Crippen molar-refractivity contribution in [3.05, 3.63) is 30.3 Å². The van der Waals surface area contributed by atoms with Crippen molar-refractivity contribution in [1.29, 1.82) is 0 Å². The zero-order valence-electron chi connectivity index (χ0n) is 15.2. The zero-order valence-corrected chi connectivity index (χ0v) is 19.2. The van der Waals surface area contributed by atoms with Gasteiger partial charge in [-0.05, 0) is 51.5 Å². The average molecular weight is 388 g/mol. The van der Waals surface area contributed by atoms with Crippen molar-refractivity contribution in [3.8, 4) is 0 Å². The van der Waals surface area contributed by atoms with Crippen LogP contribution in [0.15, 0.2) is 30.3 Å². The summed E-state index contributed by atoms with van der Waals surface area (Å²) in [6.45, 7) is 12.6. The standard InChI is InChI=1S/C14H29NO4Si4/c1-15-13-22(6)17-20(2,3)16-21(4,5)18-23(7,19-22)14-11-9-8-10-12-14/h8-12,15H,13H2,1-7H3. The van der Waals surface area contributed by atoms with Gasteiger partial charge < -0.3 is 21.8 Å². The summed E-state index contributed by atoms with van der Waals surface area (Å²) >= 11 is 0. The zero-order chi connectivity index (χ0) is 17.4. The predicted molar refractivity (Wildman–Crippen MR) is 103 cm³/mol. The maximum Gasteiger partial charge on any atom is 0.351 e. The molecule has 1 heterocycles. The molecule has 5 nitrogen and oxygen atoms in total. The lowest BCUT2D eigenvalue weighted by Crippen LogP contribution is -2.71. The van der Waals surface area contributed by atoms with E-state index in [1.807, 2.05) is 25.2 Å². The van der Waals surface area contributed by atoms with Gasteiger partial charge in [-0.25, -0.2) is 0 Å². The molecule has 0 spiro atoms. The minimum absolute atomic E-state index is 0.716. The molecule has 0 aromatic heterocycles. The summed E-state index contributed by atoms with van der Waals surface area (Å²) in [4.78, 5) is 0. The van der Waals surface area contributed by atoms with Crippen LogP contribution in [0.5, 0.6) is 0 Å². The fourth-order valence-corrected chi connectivity index (χ4v) is 24.4. The highest BCUT2D eigenvalue weighted by Gasteiger charge is 2.54. The van der Waals surface area contributed by atoms with Crippen LogP contribution >= 0.6 is 0 Å². The lowest BCUT2D eigenvalue weighted by molar-refractivity contribution is 0.237. The van der Waals surface area contributed by atoms with Crippen molar-refractivity contribution in [2.45, 2.75) is 39.3 Å². The summed E-state index contributed by atoms with van der Waals surface area (Å²) in [5.41, 5.74) is 0. The lowest BCUT2D eigenvalue weighted by Gasteiger charge is -2.48. The average Bonchev–Trinajstić information content (AvgIpc) is 2.35. The van der Waals surface area contributed by atoms with Gasteiger partial charge in [0.25, 0.3) is 0 Å². The first kappa shape index (κ1) is 19.2.